The average Bonchev–Trinajstić information content (AvgIpc) is 2.65. The summed E-state index contributed by atoms with van der Waals surface area (Å²) in [7, 11) is 0. The van der Waals surface area contributed by atoms with Crippen molar-refractivity contribution in [2.45, 2.75) is 0 Å². The maximum Gasteiger partial charge on any atom is 0.277 e. The molecule has 3 aromatic rings. The summed E-state index contributed by atoms with van der Waals surface area (Å²) < 4.78 is 0. The quantitative estimate of drug-likeness (QED) is 0.399. The molecule has 0 atom stereocenters. The molecule has 0 aliphatic carbocycles. The Bertz CT molecular complexity index is 1160. The summed E-state index contributed by atoms with van der Waals surface area (Å²) in [6.07, 6.45) is 0. The minimum atomic E-state index is -1.53. The van der Waals surface area contributed by atoms with Gasteiger partial charge in [0, 0.05) is 28.1 Å². The number of para-hydroxylation sites is 1. The van der Waals surface area contributed by atoms with E-state index in [1.165, 1.54) is 54.6 Å². The minimum Gasteiger partial charge on any atom is -0.545 e. The zero-order valence-electron chi connectivity index (χ0n) is 13.5. The van der Waals surface area contributed by atoms with E-state index in [1.807, 2.05) is 0 Å². The number of imide groups is 1. The van der Waals surface area contributed by atoms with Crippen molar-refractivity contribution in [1.82, 2.24) is 0 Å². The fourth-order valence-corrected chi connectivity index (χ4v) is 3.30. The van der Waals surface area contributed by atoms with E-state index < -0.39 is 22.7 Å². The van der Waals surface area contributed by atoms with Gasteiger partial charge in [-0.2, -0.15) is 0 Å². The predicted octanol–water partition coefficient (Wildman–Crippen LogP) is 1.91. The largest absolute Gasteiger partial charge is 0.545 e. The van der Waals surface area contributed by atoms with Crippen molar-refractivity contribution in [1.29, 1.82) is 0 Å². The lowest BCUT2D eigenvalue weighted by molar-refractivity contribution is -0.383. The first-order valence-electron chi connectivity index (χ1n) is 7.81. The molecule has 1 aliphatic rings. The van der Waals surface area contributed by atoms with Crippen LogP contribution in [0.2, 0.25) is 0 Å². The molecule has 8 heteroatoms. The van der Waals surface area contributed by atoms with Gasteiger partial charge in [-0.3, -0.25) is 19.7 Å². The van der Waals surface area contributed by atoms with E-state index in [1.54, 1.807) is 0 Å². The summed E-state index contributed by atoms with van der Waals surface area (Å²) in [5, 5.41) is 23.0. The van der Waals surface area contributed by atoms with Gasteiger partial charge in [0.1, 0.15) is 0 Å². The van der Waals surface area contributed by atoms with E-state index in [0.29, 0.717) is 0 Å². The van der Waals surface area contributed by atoms with Gasteiger partial charge in [0.15, 0.2) is 0 Å². The van der Waals surface area contributed by atoms with Crippen LogP contribution in [0.5, 0.6) is 0 Å². The number of carboxylic acid groups (broad SMARTS) is 1. The smallest absolute Gasteiger partial charge is 0.277 e. The maximum atomic E-state index is 13.0. The molecule has 0 N–H and O–H groups in total. The lowest BCUT2D eigenvalue weighted by Gasteiger charge is -2.28. The second-order valence-electron chi connectivity index (χ2n) is 5.87. The SMILES string of the molecule is O=C([O-])c1ccccc1N1C(=O)c2cccc3c([N+](=O)[O-])ccc(c23)C1=O. The lowest BCUT2D eigenvalue weighted by Crippen LogP contribution is -2.42. The molecule has 4 rings (SSSR count). The number of hydrogen-bond donors (Lipinski definition) is 0. The number of nitro benzene ring substituents is 1. The number of nitro groups is 1. The second kappa shape index (κ2) is 5.73. The molecular weight excluding hydrogens is 352 g/mol. The zero-order chi connectivity index (χ0) is 19.3. The third-order valence-electron chi connectivity index (χ3n) is 4.45. The highest BCUT2D eigenvalue weighted by Crippen LogP contribution is 2.37. The first kappa shape index (κ1) is 16.4. The van der Waals surface area contributed by atoms with Crippen LogP contribution in [0.25, 0.3) is 10.8 Å². The summed E-state index contributed by atoms with van der Waals surface area (Å²) in [5.74, 6) is -3.04. The molecule has 0 fully saturated rings. The Morgan fingerprint density at radius 2 is 1.56 bits per heavy atom. The third-order valence-corrected chi connectivity index (χ3v) is 4.45. The van der Waals surface area contributed by atoms with Crippen LogP contribution in [-0.2, 0) is 0 Å². The molecule has 0 unspecified atom stereocenters. The van der Waals surface area contributed by atoms with E-state index >= 15 is 0 Å². The van der Waals surface area contributed by atoms with Gasteiger partial charge in [-0.05, 0) is 24.3 Å². The number of anilines is 1. The molecule has 1 heterocycles. The maximum absolute atomic E-state index is 13.0. The number of carbonyl (C=O) groups excluding carboxylic acids is 3. The van der Waals surface area contributed by atoms with E-state index in [0.717, 1.165) is 4.90 Å². The van der Waals surface area contributed by atoms with Gasteiger partial charge in [0.05, 0.1) is 22.0 Å². The van der Waals surface area contributed by atoms with Gasteiger partial charge in [0.25, 0.3) is 17.5 Å². The topological polar surface area (TPSA) is 121 Å². The summed E-state index contributed by atoms with van der Waals surface area (Å²) >= 11 is 0. The standard InChI is InChI=1S/C19H10N2O6/c22-17-12-6-3-5-10-15(21(26)27)9-8-13(16(10)12)18(23)20(17)14-7-2-1-4-11(14)19(24)25/h1-9H,(H,24,25)/p-1. The van der Waals surface area contributed by atoms with Gasteiger partial charge in [-0.1, -0.05) is 24.3 Å². The van der Waals surface area contributed by atoms with Crippen molar-refractivity contribution >= 4 is 39.9 Å². The van der Waals surface area contributed by atoms with Crippen LogP contribution in [0.4, 0.5) is 11.4 Å². The molecule has 0 saturated carbocycles. The van der Waals surface area contributed by atoms with E-state index in [2.05, 4.69) is 0 Å². The van der Waals surface area contributed by atoms with Crippen LogP contribution in [-0.4, -0.2) is 22.7 Å². The van der Waals surface area contributed by atoms with E-state index in [9.17, 15) is 29.6 Å². The van der Waals surface area contributed by atoms with Gasteiger partial charge in [0.2, 0.25) is 0 Å². The van der Waals surface area contributed by atoms with Crippen molar-refractivity contribution in [3.05, 3.63) is 81.4 Å². The Hall–Kier alpha value is -4.07. The van der Waals surface area contributed by atoms with E-state index in [-0.39, 0.29) is 38.8 Å². The summed E-state index contributed by atoms with van der Waals surface area (Å²) in [5.41, 5.74) is -0.483. The fourth-order valence-electron chi connectivity index (χ4n) is 3.30. The van der Waals surface area contributed by atoms with Crippen LogP contribution in [0.3, 0.4) is 0 Å². The number of non-ortho nitro benzene ring substituents is 1. The summed E-state index contributed by atoms with van der Waals surface area (Å²) in [6, 6.07) is 12.4. The number of aromatic carboxylic acids is 1. The Labute approximate surface area is 151 Å². The van der Waals surface area contributed by atoms with Crippen molar-refractivity contribution < 1.29 is 24.4 Å². The molecule has 2 amide bonds. The highest BCUT2D eigenvalue weighted by atomic mass is 16.6. The molecule has 0 saturated heterocycles. The zero-order valence-corrected chi connectivity index (χ0v) is 13.5. The molecule has 0 spiro atoms. The van der Waals surface area contributed by atoms with Gasteiger partial charge in [-0.15, -0.1) is 0 Å². The molecule has 27 heavy (non-hydrogen) atoms. The highest BCUT2D eigenvalue weighted by Gasteiger charge is 2.36. The lowest BCUT2D eigenvalue weighted by atomic mass is 9.92. The van der Waals surface area contributed by atoms with Crippen LogP contribution >= 0.6 is 0 Å². The number of hydrogen-bond acceptors (Lipinski definition) is 6. The molecule has 0 bridgehead atoms. The number of amides is 2. The van der Waals surface area contributed by atoms with Crippen molar-refractivity contribution in [3.8, 4) is 0 Å². The van der Waals surface area contributed by atoms with E-state index in [4.69, 9.17) is 0 Å². The fraction of sp³-hybridized carbons (Fsp3) is 0. The number of rotatable bonds is 3. The van der Waals surface area contributed by atoms with Crippen LogP contribution < -0.4 is 10.0 Å². The summed E-state index contributed by atoms with van der Waals surface area (Å²) in [6.45, 7) is 0. The highest BCUT2D eigenvalue weighted by molar-refractivity contribution is 6.37. The Morgan fingerprint density at radius 3 is 2.22 bits per heavy atom. The average molecular weight is 361 g/mol. The van der Waals surface area contributed by atoms with Crippen LogP contribution in [0.1, 0.15) is 31.1 Å². The molecule has 0 aromatic heterocycles. The molecule has 1 aliphatic heterocycles. The third kappa shape index (κ3) is 2.27. The first-order valence-corrected chi connectivity index (χ1v) is 7.81. The molecular formula is C19H9N2O6-. The first-order chi connectivity index (χ1) is 12.9. The normalized spacial score (nSPS) is 13.1. The minimum absolute atomic E-state index is 0.0824. The van der Waals surface area contributed by atoms with Gasteiger partial charge >= 0.3 is 0 Å². The number of benzene rings is 3. The van der Waals surface area contributed by atoms with Crippen molar-refractivity contribution in [2.24, 2.45) is 0 Å². The Balaban J connectivity index is 2.01. The monoisotopic (exact) mass is 361 g/mol. The number of carboxylic acids is 1. The molecule has 0 radical (unpaired) electrons. The van der Waals surface area contributed by atoms with Crippen molar-refractivity contribution in [2.75, 3.05) is 4.90 Å². The Kier molecular flexibility index (Phi) is 3.48. The molecule has 132 valence electrons. The number of nitrogens with zero attached hydrogens (tertiary/aromatic N) is 2. The van der Waals surface area contributed by atoms with Gasteiger partial charge < -0.3 is 9.90 Å². The van der Waals surface area contributed by atoms with Crippen LogP contribution in [0, 0.1) is 10.1 Å². The molecule has 8 nitrogen and oxygen atoms in total. The Morgan fingerprint density at radius 1 is 0.889 bits per heavy atom. The van der Waals surface area contributed by atoms with Crippen molar-refractivity contribution in [3.63, 3.8) is 0 Å². The summed E-state index contributed by atoms with van der Waals surface area (Å²) in [4.78, 5) is 48.8. The predicted molar refractivity (Wildman–Crippen MR) is 92.5 cm³/mol. The molecule has 3 aromatic carbocycles. The number of carbonyl (C=O) groups is 3. The second-order valence-corrected chi connectivity index (χ2v) is 5.87. The van der Waals surface area contributed by atoms with Crippen LogP contribution in [0.15, 0.2) is 54.6 Å². The van der Waals surface area contributed by atoms with Gasteiger partial charge in [-0.25, -0.2) is 4.90 Å².